The van der Waals surface area contributed by atoms with Crippen molar-refractivity contribution in [2.45, 2.75) is 34.2 Å². The monoisotopic (exact) mass is 299 g/mol. The number of benzene rings is 1. The molecule has 0 fully saturated rings. The van der Waals surface area contributed by atoms with Crippen molar-refractivity contribution in [3.05, 3.63) is 22.7 Å². The van der Waals surface area contributed by atoms with Gasteiger partial charge in [-0.2, -0.15) is 0 Å². The Morgan fingerprint density at radius 3 is 2.35 bits per heavy atom. The topological polar surface area (TPSA) is 30.5 Å². The second kappa shape index (κ2) is 7.19. The average molecular weight is 300 g/mol. The predicted octanol–water partition coefficient (Wildman–Crippen LogP) is 4.13. The van der Waals surface area contributed by atoms with Gasteiger partial charge in [0.1, 0.15) is 0 Å². The summed E-state index contributed by atoms with van der Waals surface area (Å²) in [4.78, 5) is 0. The molecule has 0 aliphatic heterocycles. The summed E-state index contributed by atoms with van der Waals surface area (Å²) in [5, 5.41) is 4.07. The zero-order valence-corrected chi connectivity index (χ0v) is 14.1. The van der Waals surface area contributed by atoms with Gasteiger partial charge in [0.05, 0.1) is 19.2 Å². The van der Waals surface area contributed by atoms with E-state index in [0.29, 0.717) is 27.9 Å². The molecule has 0 saturated heterocycles. The molecule has 0 spiro atoms. The van der Waals surface area contributed by atoms with Crippen LogP contribution in [0.15, 0.2) is 12.1 Å². The van der Waals surface area contributed by atoms with Crippen molar-refractivity contribution in [2.75, 3.05) is 20.8 Å². The Kier molecular flexibility index (Phi) is 6.15. The molecule has 1 N–H and O–H groups in total. The van der Waals surface area contributed by atoms with Crippen LogP contribution in [0.5, 0.6) is 11.5 Å². The number of ether oxygens (including phenoxy) is 2. The largest absolute Gasteiger partial charge is 0.493 e. The van der Waals surface area contributed by atoms with Crippen LogP contribution in [0.4, 0.5) is 0 Å². The van der Waals surface area contributed by atoms with Crippen molar-refractivity contribution in [1.29, 1.82) is 0 Å². The normalized spacial score (nSPS) is 13.2. The molecule has 1 atom stereocenters. The van der Waals surface area contributed by atoms with Crippen molar-refractivity contribution >= 4 is 11.6 Å². The molecular weight excluding hydrogens is 274 g/mol. The molecule has 1 aromatic carbocycles. The van der Waals surface area contributed by atoms with Crippen molar-refractivity contribution in [3.63, 3.8) is 0 Å². The van der Waals surface area contributed by atoms with Crippen molar-refractivity contribution < 1.29 is 9.47 Å². The lowest BCUT2D eigenvalue weighted by Crippen LogP contribution is -2.29. The van der Waals surface area contributed by atoms with E-state index in [1.807, 2.05) is 12.1 Å². The lowest BCUT2D eigenvalue weighted by Gasteiger charge is -2.27. The fourth-order valence-corrected chi connectivity index (χ4v) is 2.10. The second-order valence-corrected chi connectivity index (χ2v) is 6.55. The Bertz CT molecular complexity index is 441. The number of nitrogens with one attached hydrogen (secondary N) is 1. The van der Waals surface area contributed by atoms with E-state index in [2.05, 4.69) is 33.0 Å². The molecule has 0 amide bonds. The average Bonchev–Trinajstić information content (AvgIpc) is 2.38. The molecule has 0 heterocycles. The molecule has 0 radical (unpaired) electrons. The fourth-order valence-electron chi connectivity index (χ4n) is 1.80. The maximum atomic E-state index is 6.35. The highest BCUT2D eigenvalue weighted by molar-refractivity contribution is 6.33. The molecule has 0 saturated carbocycles. The minimum absolute atomic E-state index is 0.300. The number of rotatable bonds is 6. The molecule has 4 heteroatoms. The molecule has 1 aromatic rings. The number of halogens is 1. The van der Waals surface area contributed by atoms with Gasteiger partial charge in [-0.1, -0.05) is 45.4 Å². The first-order valence-corrected chi connectivity index (χ1v) is 7.29. The number of methoxy groups -OCH3 is 2. The summed E-state index contributed by atoms with van der Waals surface area (Å²) in [7, 11) is 3.21. The molecule has 20 heavy (non-hydrogen) atoms. The van der Waals surface area contributed by atoms with Crippen LogP contribution in [0.3, 0.4) is 0 Å². The van der Waals surface area contributed by atoms with E-state index >= 15 is 0 Å². The van der Waals surface area contributed by atoms with E-state index in [4.69, 9.17) is 21.1 Å². The molecule has 3 nitrogen and oxygen atoms in total. The summed E-state index contributed by atoms with van der Waals surface area (Å²) in [6.45, 7) is 10.7. The SMILES string of the molecule is COc1ccc(CNCC(C)C(C)(C)C)c(Cl)c1OC. The summed E-state index contributed by atoms with van der Waals surface area (Å²) in [6, 6.07) is 3.85. The molecule has 1 rings (SSSR count). The van der Waals surface area contributed by atoms with Crippen LogP contribution in [0, 0.1) is 11.3 Å². The Hall–Kier alpha value is -0.930. The lowest BCUT2D eigenvalue weighted by molar-refractivity contribution is 0.252. The van der Waals surface area contributed by atoms with Crippen LogP contribution in [-0.2, 0) is 6.54 Å². The van der Waals surface area contributed by atoms with Gasteiger partial charge in [0.2, 0.25) is 0 Å². The van der Waals surface area contributed by atoms with Gasteiger partial charge in [0.15, 0.2) is 11.5 Å². The zero-order valence-electron chi connectivity index (χ0n) is 13.3. The first-order chi connectivity index (χ1) is 9.31. The summed E-state index contributed by atoms with van der Waals surface area (Å²) in [5.41, 5.74) is 1.32. The first-order valence-electron chi connectivity index (χ1n) is 6.91. The van der Waals surface area contributed by atoms with E-state index in [1.54, 1.807) is 14.2 Å². The van der Waals surface area contributed by atoms with Crippen molar-refractivity contribution in [3.8, 4) is 11.5 Å². The lowest BCUT2D eigenvalue weighted by atomic mass is 9.82. The summed E-state index contributed by atoms with van der Waals surface area (Å²) >= 11 is 6.35. The third-order valence-corrected chi connectivity index (χ3v) is 4.22. The van der Waals surface area contributed by atoms with Crippen LogP contribution < -0.4 is 14.8 Å². The quantitative estimate of drug-likeness (QED) is 0.857. The van der Waals surface area contributed by atoms with Crippen LogP contribution >= 0.6 is 11.6 Å². The van der Waals surface area contributed by atoms with E-state index in [0.717, 1.165) is 18.7 Å². The highest BCUT2D eigenvalue weighted by Gasteiger charge is 2.19. The zero-order chi connectivity index (χ0) is 15.3. The van der Waals surface area contributed by atoms with Crippen LogP contribution in [-0.4, -0.2) is 20.8 Å². The van der Waals surface area contributed by atoms with Crippen molar-refractivity contribution in [2.24, 2.45) is 11.3 Å². The highest BCUT2D eigenvalue weighted by atomic mass is 35.5. The maximum Gasteiger partial charge on any atom is 0.179 e. The molecule has 0 aliphatic rings. The van der Waals surface area contributed by atoms with Crippen LogP contribution in [0.25, 0.3) is 0 Å². The Morgan fingerprint density at radius 2 is 1.85 bits per heavy atom. The number of hydrogen-bond acceptors (Lipinski definition) is 3. The Labute approximate surface area is 127 Å². The molecular formula is C16H26ClNO2. The van der Waals surface area contributed by atoms with Gasteiger partial charge >= 0.3 is 0 Å². The fraction of sp³-hybridized carbons (Fsp3) is 0.625. The molecule has 0 aromatic heterocycles. The summed E-state index contributed by atoms with van der Waals surface area (Å²) in [5.74, 6) is 1.84. The smallest absolute Gasteiger partial charge is 0.179 e. The van der Waals surface area contributed by atoms with Gasteiger partial charge in [-0.3, -0.25) is 0 Å². The molecule has 1 unspecified atom stereocenters. The Balaban J connectivity index is 2.70. The third-order valence-electron chi connectivity index (χ3n) is 3.81. The number of hydrogen-bond donors (Lipinski definition) is 1. The highest BCUT2D eigenvalue weighted by Crippen LogP contribution is 2.37. The van der Waals surface area contributed by atoms with Gasteiger partial charge in [0.25, 0.3) is 0 Å². The van der Waals surface area contributed by atoms with E-state index in [-0.39, 0.29) is 0 Å². The van der Waals surface area contributed by atoms with Crippen LogP contribution in [0.1, 0.15) is 33.3 Å². The summed E-state index contributed by atoms with van der Waals surface area (Å²) in [6.07, 6.45) is 0. The van der Waals surface area contributed by atoms with E-state index in [9.17, 15) is 0 Å². The van der Waals surface area contributed by atoms with Gasteiger partial charge < -0.3 is 14.8 Å². The maximum absolute atomic E-state index is 6.35. The van der Waals surface area contributed by atoms with Gasteiger partial charge in [-0.25, -0.2) is 0 Å². The van der Waals surface area contributed by atoms with Gasteiger partial charge in [-0.15, -0.1) is 0 Å². The van der Waals surface area contributed by atoms with Gasteiger partial charge in [0, 0.05) is 6.54 Å². The minimum Gasteiger partial charge on any atom is -0.493 e. The molecule has 0 aliphatic carbocycles. The van der Waals surface area contributed by atoms with Crippen molar-refractivity contribution in [1.82, 2.24) is 5.32 Å². The van der Waals surface area contributed by atoms with Gasteiger partial charge in [-0.05, 0) is 29.5 Å². The predicted molar refractivity (Wildman–Crippen MR) is 84.9 cm³/mol. The van der Waals surface area contributed by atoms with Crippen LogP contribution in [0.2, 0.25) is 5.02 Å². The minimum atomic E-state index is 0.300. The second-order valence-electron chi connectivity index (χ2n) is 6.17. The van der Waals surface area contributed by atoms with E-state index in [1.165, 1.54) is 0 Å². The third kappa shape index (κ3) is 4.29. The first kappa shape index (κ1) is 17.1. The molecule has 0 bridgehead atoms. The Morgan fingerprint density at radius 1 is 1.20 bits per heavy atom. The van der Waals surface area contributed by atoms with E-state index < -0.39 is 0 Å². The standard InChI is InChI=1S/C16H26ClNO2/c1-11(16(2,3)4)9-18-10-12-7-8-13(19-5)15(20-6)14(12)17/h7-8,11,18H,9-10H2,1-6H3. The molecule has 114 valence electrons. The summed E-state index contributed by atoms with van der Waals surface area (Å²) < 4.78 is 10.5.